The number of carboxylic acids is 1. The molecule has 1 N–H and O–H groups in total. The number of carbonyl (C=O) groups excluding carboxylic acids is 2. The first kappa shape index (κ1) is 16.0. The van der Waals surface area contributed by atoms with E-state index in [4.69, 9.17) is 0 Å². The molecule has 1 saturated carbocycles. The quantitative estimate of drug-likeness (QED) is 0.788. The highest BCUT2D eigenvalue weighted by atomic mass is 16.4. The summed E-state index contributed by atoms with van der Waals surface area (Å²) in [6.45, 7) is 4.55. The zero-order chi connectivity index (χ0) is 16.6. The van der Waals surface area contributed by atoms with Gasteiger partial charge in [0, 0.05) is 32.1 Å². The van der Waals surface area contributed by atoms with E-state index in [9.17, 15) is 19.5 Å². The van der Waals surface area contributed by atoms with Crippen LogP contribution in [-0.2, 0) is 14.4 Å². The molecule has 0 aromatic carbocycles. The molecule has 0 spiro atoms. The van der Waals surface area contributed by atoms with Crippen LogP contribution in [0.3, 0.4) is 0 Å². The van der Waals surface area contributed by atoms with Gasteiger partial charge < -0.3 is 14.9 Å². The van der Waals surface area contributed by atoms with Crippen LogP contribution in [0.4, 0.5) is 0 Å². The van der Waals surface area contributed by atoms with Gasteiger partial charge in [-0.1, -0.05) is 25.3 Å². The summed E-state index contributed by atoms with van der Waals surface area (Å²) in [5, 5.41) is 9.75. The third-order valence-corrected chi connectivity index (χ3v) is 5.67. The van der Waals surface area contributed by atoms with Crippen molar-refractivity contribution in [3.63, 3.8) is 0 Å². The molecule has 2 atom stereocenters. The molecule has 2 aliphatic heterocycles. The maximum Gasteiger partial charge on any atom is 0.314 e. The molecule has 2 heterocycles. The average Bonchev–Trinajstić information content (AvgIpc) is 3.05. The molecule has 3 rings (SSSR count). The lowest BCUT2D eigenvalue weighted by atomic mass is 9.81. The number of likely N-dealkylation sites (tertiary alicyclic amines) is 2. The van der Waals surface area contributed by atoms with Crippen molar-refractivity contribution in [1.82, 2.24) is 9.80 Å². The molecule has 0 bridgehead atoms. The zero-order valence-electron chi connectivity index (χ0n) is 13.4. The van der Waals surface area contributed by atoms with Crippen molar-refractivity contribution in [2.24, 2.45) is 17.3 Å². The molecule has 126 valence electrons. The van der Waals surface area contributed by atoms with E-state index in [1.165, 1.54) is 6.42 Å². The zero-order valence-corrected chi connectivity index (χ0v) is 13.4. The van der Waals surface area contributed by atoms with Gasteiger partial charge in [-0.15, -0.1) is 6.58 Å². The summed E-state index contributed by atoms with van der Waals surface area (Å²) in [4.78, 5) is 40.3. The summed E-state index contributed by atoms with van der Waals surface area (Å²) in [5.41, 5.74) is -1.15. The van der Waals surface area contributed by atoms with Crippen LogP contribution in [0, 0.1) is 17.3 Å². The number of nitrogens with zero attached hydrogens (tertiary/aromatic N) is 2. The minimum Gasteiger partial charge on any atom is -0.481 e. The first-order chi connectivity index (χ1) is 11.0. The van der Waals surface area contributed by atoms with Crippen molar-refractivity contribution >= 4 is 17.8 Å². The fourth-order valence-electron chi connectivity index (χ4n) is 4.39. The second-order valence-corrected chi connectivity index (χ2v) is 7.08. The predicted molar refractivity (Wildman–Crippen MR) is 83.5 cm³/mol. The number of hydrogen-bond donors (Lipinski definition) is 1. The standard InChI is InChI=1S/C17H24N2O4/c1-2-8-18-10-17(16(22)23)11-19(9-13(17)15(18)21)14(20)12-6-4-3-5-7-12/h2,12-13H,1,3-11H2,(H,22,23)/t13-,17+/m0/s1. The van der Waals surface area contributed by atoms with E-state index in [0.717, 1.165) is 25.7 Å². The van der Waals surface area contributed by atoms with Crippen molar-refractivity contribution in [2.45, 2.75) is 32.1 Å². The SMILES string of the molecule is C=CCN1C[C@@]2(C(=O)O)CN(C(=O)C3CCCCC3)C[C@H]2C1=O. The first-order valence-corrected chi connectivity index (χ1v) is 8.41. The van der Waals surface area contributed by atoms with E-state index < -0.39 is 17.3 Å². The van der Waals surface area contributed by atoms with E-state index in [1.54, 1.807) is 15.9 Å². The van der Waals surface area contributed by atoms with Gasteiger partial charge in [0.05, 0.1) is 5.92 Å². The normalized spacial score (nSPS) is 31.3. The van der Waals surface area contributed by atoms with E-state index in [-0.39, 0.29) is 37.4 Å². The number of carbonyl (C=O) groups is 3. The van der Waals surface area contributed by atoms with Gasteiger partial charge >= 0.3 is 5.97 Å². The molecule has 6 nitrogen and oxygen atoms in total. The van der Waals surface area contributed by atoms with Crippen LogP contribution in [0.1, 0.15) is 32.1 Å². The topological polar surface area (TPSA) is 77.9 Å². The number of hydrogen-bond acceptors (Lipinski definition) is 3. The first-order valence-electron chi connectivity index (χ1n) is 8.41. The summed E-state index contributed by atoms with van der Waals surface area (Å²) < 4.78 is 0. The van der Waals surface area contributed by atoms with E-state index in [2.05, 4.69) is 6.58 Å². The highest BCUT2D eigenvalue weighted by molar-refractivity contribution is 5.94. The minimum atomic E-state index is -1.15. The fourth-order valence-corrected chi connectivity index (χ4v) is 4.39. The van der Waals surface area contributed by atoms with Gasteiger partial charge in [0.2, 0.25) is 11.8 Å². The molecule has 23 heavy (non-hydrogen) atoms. The Hall–Kier alpha value is -1.85. The molecule has 1 aliphatic carbocycles. The second kappa shape index (κ2) is 5.98. The molecule has 2 saturated heterocycles. The molecule has 3 fully saturated rings. The number of aliphatic carboxylic acids is 1. The summed E-state index contributed by atoms with van der Waals surface area (Å²) in [7, 11) is 0. The third kappa shape index (κ3) is 2.54. The minimum absolute atomic E-state index is 0.00722. The molecular weight excluding hydrogens is 296 g/mol. The predicted octanol–water partition coefficient (Wildman–Crippen LogP) is 1.12. The van der Waals surface area contributed by atoms with Crippen molar-refractivity contribution in [2.75, 3.05) is 26.2 Å². The Morgan fingerprint density at radius 1 is 1.26 bits per heavy atom. The van der Waals surface area contributed by atoms with Crippen LogP contribution in [0.5, 0.6) is 0 Å². The van der Waals surface area contributed by atoms with E-state index in [0.29, 0.717) is 6.54 Å². The maximum absolute atomic E-state index is 12.7. The lowest BCUT2D eigenvalue weighted by Crippen LogP contribution is -2.43. The molecule has 0 radical (unpaired) electrons. The van der Waals surface area contributed by atoms with Crippen molar-refractivity contribution in [3.8, 4) is 0 Å². The Kier molecular flexibility index (Phi) is 4.17. The third-order valence-electron chi connectivity index (χ3n) is 5.67. The van der Waals surface area contributed by atoms with Crippen molar-refractivity contribution < 1.29 is 19.5 Å². The van der Waals surface area contributed by atoms with Crippen LogP contribution in [-0.4, -0.2) is 58.9 Å². The Balaban J connectivity index is 1.78. The molecule has 0 aromatic rings. The van der Waals surface area contributed by atoms with Crippen LogP contribution in [0.15, 0.2) is 12.7 Å². The summed E-state index contributed by atoms with van der Waals surface area (Å²) >= 11 is 0. The molecule has 2 amide bonds. The van der Waals surface area contributed by atoms with Gasteiger partial charge in [0.1, 0.15) is 5.41 Å². The summed E-state index contributed by atoms with van der Waals surface area (Å²) in [6.07, 6.45) is 6.67. The fraction of sp³-hybridized carbons (Fsp3) is 0.706. The Labute approximate surface area is 136 Å². The van der Waals surface area contributed by atoms with Gasteiger partial charge in [-0.3, -0.25) is 14.4 Å². The van der Waals surface area contributed by atoms with Gasteiger partial charge in [-0.05, 0) is 12.8 Å². The van der Waals surface area contributed by atoms with Gasteiger partial charge in [0.25, 0.3) is 0 Å². The van der Waals surface area contributed by atoms with Crippen molar-refractivity contribution in [3.05, 3.63) is 12.7 Å². The van der Waals surface area contributed by atoms with Crippen molar-refractivity contribution in [1.29, 1.82) is 0 Å². The molecule has 6 heteroatoms. The van der Waals surface area contributed by atoms with Gasteiger partial charge in [-0.2, -0.15) is 0 Å². The molecular formula is C17H24N2O4. The summed E-state index contributed by atoms with van der Waals surface area (Å²) in [5.74, 6) is -1.70. The number of amides is 2. The van der Waals surface area contributed by atoms with Gasteiger partial charge in [0.15, 0.2) is 0 Å². The average molecular weight is 320 g/mol. The second-order valence-electron chi connectivity index (χ2n) is 7.08. The number of fused-ring (bicyclic) bond motifs is 1. The lowest BCUT2D eigenvalue weighted by molar-refractivity contribution is -0.150. The maximum atomic E-state index is 12.7. The smallest absolute Gasteiger partial charge is 0.314 e. The largest absolute Gasteiger partial charge is 0.481 e. The highest BCUT2D eigenvalue weighted by Gasteiger charge is 2.62. The van der Waals surface area contributed by atoms with Crippen LogP contribution < -0.4 is 0 Å². The van der Waals surface area contributed by atoms with Crippen LogP contribution >= 0.6 is 0 Å². The van der Waals surface area contributed by atoms with Crippen LogP contribution in [0.2, 0.25) is 0 Å². The number of carboxylic acid groups (broad SMARTS) is 1. The molecule has 0 aromatic heterocycles. The number of rotatable bonds is 4. The Morgan fingerprint density at radius 2 is 1.96 bits per heavy atom. The Bertz CT molecular complexity index is 541. The molecule has 3 aliphatic rings. The van der Waals surface area contributed by atoms with Crippen LogP contribution in [0.25, 0.3) is 0 Å². The molecule has 0 unspecified atom stereocenters. The highest BCUT2D eigenvalue weighted by Crippen LogP contribution is 2.44. The summed E-state index contributed by atoms with van der Waals surface area (Å²) in [6, 6.07) is 0. The van der Waals surface area contributed by atoms with E-state index in [1.807, 2.05) is 0 Å². The lowest BCUT2D eigenvalue weighted by Gasteiger charge is -2.29. The Morgan fingerprint density at radius 3 is 2.52 bits per heavy atom. The monoisotopic (exact) mass is 320 g/mol. The van der Waals surface area contributed by atoms with Gasteiger partial charge in [-0.25, -0.2) is 0 Å². The van der Waals surface area contributed by atoms with E-state index >= 15 is 0 Å².